The van der Waals surface area contributed by atoms with Crippen LogP contribution in [-0.2, 0) is 9.53 Å². The number of hydrogen-bond donors (Lipinski definition) is 1. The Kier molecular flexibility index (Phi) is 4.19. The Hall–Kier alpha value is -0.780. The standard InChI is InChI=1S/C7H11F3O3/c1-3-13-6(12)5(11)4(2)7(8,9)10/h4-5,11H,3H2,1-2H3. The highest BCUT2D eigenvalue weighted by Crippen LogP contribution is 2.28. The molecule has 0 radical (unpaired) electrons. The number of alkyl halides is 3. The SMILES string of the molecule is CCOC(=O)C(O)C(C)C(F)(F)F. The van der Waals surface area contributed by atoms with Gasteiger partial charge in [-0.3, -0.25) is 0 Å². The summed E-state index contributed by atoms with van der Waals surface area (Å²) in [5, 5.41) is 8.86. The van der Waals surface area contributed by atoms with Crippen molar-refractivity contribution < 1.29 is 27.8 Å². The molecule has 0 heterocycles. The second-order valence-electron chi connectivity index (χ2n) is 2.53. The first kappa shape index (κ1) is 12.2. The van der Waals surface area contributed by atoms with Crippen LogP contribution in [0.25, 0.3) is 0 Å². The largest absolute Gasteiger partial charge is 0.464 e. The molecule has 1 N–H and O–H groups in total. The van der Waals surface area contributed by atoms with Gasteiger partial charge in [-0.25, -0.2) is 4.79 Å². The Labute approximate surface area is 73.5 Å². The lowest BCUT2D eigenvalue weighted by atomic mass is 10.1. The number of aliphatic hydroxyl groups is 1. The van der Waals surface area contributed by atoms with Gasteiger partial charge in [-0.1, -0.05) is 6.92 Å². The molecule has 0 amide bonds. The summed E-state index contributed by atoms with van der Waals surface area (Å²) >= 11 is 0. The lowest BCUT2D eigenvalue weighted by Crippen LogP contribution is -2.38. The number of esters is 1. The summed E-state index contributed by atoms with van der Waals surface area (Å²) in [5.74, 6) is -3.35. The van der Waals surface area contributed by atoms with Crippen LogP contribution < -0.4 is 0 Å². The van der Waals surface area contributed by atoms with Gasteiger partial charge < -0.3 is 9.84 Å². The zero-order valence-electron chi connectivity index (χ0n) is 7.26. The molecule has 0 fully saturated rings. The number of hydrogen-bond acceptors (Lipinski definition) is 3. The monoisotopic (exact) mass is 200 g/mol. The third kappa shape index (κ3) is 3.63. The molecule has 0 aliphatic carbocycles. The second-order valence-corrected chi connectivity index (χ2v) is 2.53. The molecular weight excluding hydrogens is 189 g/mol. The van der Waals surface area contributed by atoms with Crippen LogP contribution in [-0.4, -0.2) is 30.0 Å². The molecule has 0 aromatic heterocycles. The molecule has 0 bridgehead atoms. The van der Waals surface area contributed by atoms with E-state index in [1.165, 1.54) is 6.92 Å². The fourth-order valence-corrected chi connectivity index (χ4v) is 0.611. The maximum Gasteiger partial charge on any atom is 0.394 e. The summed E-state index contributed by atoms with van der Waals surface area (Å²) < 4.78 is 40.0. The average Bonchev–Trinajstić information content (AvgIpc) is 2.00. The lowest BCUT2D eigenvalue weighted by Gasteiger charge is -2.19. The number of carbonyl (C=O) groups excluding carboxylic acids is 1. The van der Waals surface area contributed by atoms with Crippen LogP contribution in [0.15, 0.2) is 0 Å². The first-order valence-electron chi connectivity index (χ1n) is 3.72. The first-order chi connectivity index (χ1) is 5.80. The van der Waals surface area contributed by atoms with Crippen LogP contribution in [0.2, 0.25) is 0 Å². The van der Waals surface area contributed by atoms with E-state index in [9.17, 15) is 18.0 Å². The van der Waals surface area contributed by atoms with Crippen LogP contribution >= 0.6 is 0 Å². The van der Waals surface area contributed by atoms with E-state index in [1.54, 1.807) is 0 Å². The Morgan fingerprint density at radius 1 is 1.54 bits per heavy atom. The van der Waals surface area contributed by atoms with Crippen molar-refractivity contribution in [3.63, 3.8) is 0 Å². The van der Waals surface area contributed by atoms with Crippen molar-refractivity contribution in [1.82, 2.24) is 0 Å². The number of carbonyl (C=O) groups is 1. The first-order valence-corrected chi connectivity index (χ1v) is 3.72. The van der Waals surface area contributed by atoms with Crippen molar-refractivity contribution in [1.29, 1.82) is 0 Å². The highest BCUT2D eigenvalue weighted by molar-refractivity contribution is 5.74. The molecule has 0 aromatic carbocycles. The highest BCUT2D eigenvalue weighted by Gasteiger charge is 2.44. The maximum absolute atomic E-state index is 11.9. The summed E-state index contributed by atoms with van der Waals surface area (Å²) in [5.41, 5.74) is 0. The van der Waals surface area contributed by atoms with Crippen molar-refractivity contribution in [3.05, 3.63) is 0 Å². The van der Waals surface area contributed by atoms with E-state index in [0.717, 1.165) is 6.92 Å². The Morgan fingerprint density at radius 3 is 2.31 bits per heavy atom. The molecule has 3 nitrogen and oxygen atoms in total. The van der Waals surface area contributed by atoms with Crippen molar-refractivity contribution in [2.45, 2.75) is 26.1 Å². The molecule has 0 aliphatic heterocycles. The third-order valence-electron chi connectivity index (χ3n) is 1.52. The fourth-order valence-electron chi connectivity index (χ4n) is 0.611. The van der Waals surface area contributed by atoms with Crippen LogP contribution in [0.5, 0.6) is 0 Å². The maximum atomic E-state index is 11.9. The predicted octanol–water partition coefficient (Wildman–Crippen LogP) is 1.11. The summed E-state index contributed by atoms with van der Waals surface area (Å²) in [6.45, 7) is 2.12. The molecule has 2 unspecified atom stereocenters. The zero-order chi connectivity index (χ0) is 10.6. The third-order valence-corrected chi connectivity index (χ3v) is 1.52. The predicted molar refractivity (Wildman–Crippen MR) is 37.9 cm³/mol. The second kappa shape index (κ2) is 4.45. The van der Waals surface area contributed by atoms with Crippen molar-refractivity contribution >= 4 is 5.97 Å². The van der Waals surface area contributed by atoms with Gasteiger partial charge in [0.15, 0.2) is 6.10 Å². The normalized spacial score (nSPS) is 16.5. The van der Waals surface area contributed by atoms with Crippen LogP contribution in [0.4, 0.5) is 13.2 Å². The minimum Gasteiger partial charge on any atom is -0.464 e. The van der Waals surface area contributed by atoms with Crippen LogP contribution in [0.1, 0.15) is 13.8 Å². The minimum absolute atomic E-state index is 0.0551. The van der Waals surface area contributed by atoms with E-state index in [0.29, 0.717) is 0 Å². The van der Waals surface area contributed by atoms with Crippen LogP contribution in [0.3, 0.4) is 0 Å². The molecule has 78 valence electrons. The van der Waals surface area contributed by atoms with Gasteiger partial charge in [-0.2, -0.15) is 13.2 Å². The summed E-state index contributed by atoms with van der Waals surface area (Å²) in [7, 11) is 0. The molecule has 0 saturated carbocycles. The highest BCUT2D eigenvalue weighted by atomic mass is 19.4. The van der Waals surface area contributed by atoms with Gasteiger partial charge in [-0.05, 0) is 6.92 Å². The quantitative estimate of drug-likeness (QED) is 0.694. The average molecular weight is 200 g/mol. The van der Waals surface area contributed by atoms with Crippen molar-refractivity contribution in [3.8, 4) is 0 Å². The molecule has 6 heteroatoms. The van der Waals surface area contributed by atoms with E-state index in [4.69, 9.17) is 5.11 Å². The zero-order valence-corrected chi connectivity index (χ0v) is 7.26. The topological polar surface area (TPSA) is 46.5 Å². The molecule has 0 aromatic rings. The summed E-state index contributed by atoms with van der Waals surface area (Å²) in [6.07, 6.45) is -6.73. The van der Waals surface area contributed by atoms with E-state index in [2.05, 4.69) is 4.74 Å². The van der Waals surface area contributed by atoms with E-state index in [1.807, 2.05) is 0 Å². The van der Waals surface area contributed by atoms with Gasteiger partial charge in [0.1, 0.15) is 0 Å². The molecule has 0 aliphatic rings. The van der Waals surface area contributed by atoms with Gasteiger partial charge in [0.05, 0.1) is 12.5 Å². The molecule has 0 saturated heterocycles. The van der Waals surface area contributed by atoms with E-state index >= 15 is 0 Å². The molecular formula is C7H11F3O3. The molecule has 13 heavy (non-hydrogen) atoms. The molecule has 2 atom stereocenters. The molecule has 0 spiro atoms. The van der Waals surface area contributed by atoms with Gasteiger partial charge in [-0.15, -0.1) is 0 Å². The van der Waals surface area contributed by atoms with Gasteiger partial charge in [0.25, 0.3) is 0 Å². The number of ether oxygens (including phenoxy) is 1. The number of rotatable bonds is 3. The smallest absolute Gasteiger partial charge is 0.394 e. The van der Waals surface area contributed by atoms with Gasteiger partial charge in [0, 0.05) is 0 Å². The van der Waals surface area contributed by atoms with E-state index < -0.39 is 24.2 Å². The van der Waals surface area contributed by atoms with Crippen molar-refractivity contribution in [2.75, 3.05) is 6.61 Å². The summed E-state index contributed by atoms with van der Waals surface area (Å²) in [4.78, 5) is 10.7. The minimum atomic E-state index is -4.59. The molecule has 0 rings (SSSR count). The summed E-state index contributed by atoms with van der Waals surface area (Å²) in [6, 6.07) is 0. The van der Waals surface area contributed by atoms with Gasteiger partial charge in [0.2, 0.25) is 0 Å². The Bertz CT molecular complexity index is 178. The Morgan fingerprint density at radius 2 is 2.00 bits per heavy atom. The number of aliphatic hydroxyl groups excluding tert-OH is 1. The lowest BCUT2D eigenvalue weighted by molar-refractivity contribution is -0.204. The number of halogens is 3. The van der Waals surface area contributed by atoms with Crippen molar-refractivity contribution in [2.24, 2.45) is 5.92 Å². The Balaban J connectivity index is 4.25. The van der Waals surface area contributed by atoms with Gasteiger partial charge >= 0.3 is 12.1 Å². The van der Waals surface area contributed by atoms with Crippen LogP contribution in [0, 0.1) is 5.92 Å². The van der Waals surface area contributed by atoms with E-state index in [-0.39, 0.29) is 6.61 Å². The fraction of sp³-hybridized carbons (Fsp3) is 0.857.